The van der Waals surface area contributed by atoms with Gasteiger partial charge in [0.25, 0.3) is 0 Å². The predicted molar refractivity (Wildman–Crippen MR) is 72.4 cm³/mol. The van der Waals surface area contributed by atoms with E-state index in [0.29, 0.717) is 12.5 Å². The van der Waals surface area contributed by atoms with Crippen LogP contribution in [0.1, 0.15) is 24.5 Å². The van der Waals surface area contributed by atoms with Crippen molar-refractivity contribution in [2.45, 2.75) is 26.1 Å². The second kappa shape index (κ2) is 5.61. The molecule has 1 aliphatic rings. The van der Waals surface area contributed by atoms with E-state index >= 15 is 0 Å². The summed E-state index contributed by atoms with van der Waals surface area (Å²) < 4.78 is 37.3. The first-order chi connectivity index (χ1) is 9.34. The molecule has 0 amide bonds. The van der Waals surface area contributed by atoms with Gasteiger partial charge in [-0.1, -0.05) is 25.1 Å². The molecule has 0 saturated carbocycles. The molecule has 0 aliphatic heterocycles. The zero-order valence-electron chi connectivity index (χ0n) is 11.2. The summed E-state index contributed by atoms with van der Waals surface area (Å²) in [6, 6.07) is 5.16. The standard InChI is InChI=1S/C15H17F3N2/c1-10-6-13(19)8-14(7-10)20-9-11-2-4-12(5-3-11)15(16,17)18/h2-5,7-8,10,20H,6,9,19H2,1H3. The SMILES string of the molecule is CC1C=C(NCc2ccc(C(F)(F)F)cc2)C=C(N)C1. The zero-order chi connectivity index (χ0) is 14.8. The van der Waals surface area contributed by atoms with Gasteiger partial charge < -0.3 is 11.1 Å². The number of nitrogens with two attached hydrogens (primary N) is 1. The third kappa shape index (κ3) is 3.79. The first-order valence-corrected chi connectivity index (χ1v) is 6.42. The highest BCUT2D eigenvalue weighted by Gasteiger charge is 2.29. The molecule has 0 spiro atoms. The van der Waals surface area contributed by atoms with Crippen LogP contribution < -0.4 is 11.1 Å². The maximum absolute atomic E-state index is 12.4. The average molecular weight is 282 g/mol. The highest BCUT2D eigenvalue weighted by molar-refractivity contribution is 5.28. The van der Waals surface area contributed by atoms with Gasteiger partial charge in [0.2, 0.25) is 0 Å². The van der Waals surface area contributed by atoms with E-state index in [1.54, 1.807) is 0 Å². The zero-order valence-corrected chi connectivity index (χ0v) is 11.2. The molecule has 1 atom stereocenters. The normalized spacial score (nSPS) is 19.3. The molecular formula is C15H17F3N2. The fraction of sp³-hybridized carbons (Fsp3) is 0.333. The lowest BCUT2D eigenvalue weighted by molar-refractivity contribution is -0.137. The fourth-order valence-corrected chi connectivity index (χ4v) is 2.17. The molecule has 2 rings (SSSR count). The molecular weight excluding hydrogens is 265 g/mol. The van der Waals surface area contributed by atoms with Crippen LogP contribution in [-0.2, 0) is 12.7 Å². The van der Waals surface area contributed by atoms with Crippen LogP contribution >= 0.6 is 0 Å². The molecule has 0 aromatic heterocycles. The van der Waals surface area contributed by atoms with Crippen molar-refractivity contribution >= 4 is 0 Å². The highest BCUT2D eigenvalue weighted by Crippen LogP contribution is 2.29. The van der Waals surface area contributed by atoms with Crippen LogP contribution in [0.4, 0.5) is 13.2 Å². The Morgan fingerprint density at radius 2 is 1.90 bits per heavy atom. The Balaban J connectivity index is 1.98. The second-order valence-electron chi connectivity index (χ2n) is 5.07. The quantitative estimate of drug-likeness (QED) is 0.889. The molecule has 3 N–H and O–H groups in total. The molecule has 2 nitrogen and oxygen atoms in total. The minimum atomic E-state index is -4.29. The van der Waals surface area contributed by atoms with Crippen molar-refractivity contribution < 1.29 is 13.2 Å². The number of benzene rings is 1. The van der Waals surface area contributed by atoms with Gasteiger partial charge in [-0.05, 0) is 36.1 Å². The Bertz CT molecular complexity index is 527. The van der Waals surface area contributed by atoms with Crippen LogP contribution in [0.3, 0.4) is 0 Å². The van der Waals surface area contributed by atoms with E-state index in [-0.39, 0.29) is 0 Å². The molecule has 0 radical (unpaired) electrons. The largest absolute Gasteiger partial charge is 0.416 e. The van der Waals surface area contributed by atoms with E-state index in [1.807, 2.05) is 6.08 Å². The molecule has 1 aromatic carbocycles. The van der Waals surface area contributed by atoms with Crippen LogP contribution in [0.15, 0.2) is 47.8 Å². The Labute approximate surface area is 116 Å². The molecule has 1 unspecified atom stereocenters. The molecule has 5 heteroatoms. The Morgan fingerprint density at radius 1 is 1.25 bits per heavy atom. The third-order valence-electron chi connectivity index (χ3n) is 3.14. The van der Waals surface area contributed by atoms with Crippen LogP contribution in [0, 0.1) is 5.92 Å². The molecule has 20 heavy (non-hydrogen) atoms. The van der Waals surface area contributed by atoms with Crippen molar-refractivity contribution in [3.8, 4) is 0 Å². The van der Waals surface area contributed by atoms with E-state index < -0.39 is 11.7 Å². The maximum atomic E-state index is 12.4. The second-order valence-corrected chi connectivity index (χ2v) is 5.07. The smallest absolute Gasteiger partial charge is 0.402 e. The van der Waals surface area contributed by atoms with Crippen molar-refractivity contribution in [3.05, 3.63) is 58.9 Å². The van der Waals surface area contributed by atoms with Crippen molar-refractivity contribution in [1.82, 2.24) is 5.32 Å². The van der Waals surface area contributed by atoms with Gasteiger partial charge in [0, 0.05) is 17.9 Å². The highest BCUT2D eigenvalue weighted by atomic mass is 19.4. The maximum Gasteiger partial charge on any atom is 0.416 e. The van der Waals surface area contributed by atoms with Crippen molar-refractivity contribution in [2.75, 3.05) is 0 Å². The van der Waals surface area contributed by atoms with Crippen molar-refractivity contribution in [2.24, 2.45) is 11.7 Å². The van der Waals surface area contributed by atoms with Gasteiger partial charge in [-0.15, -0.1) is 0 Å². The van der Waals surface area contributed by atoms with Crippen LogP contribution in [0.5, 0.6) is 0 Å². The first kappa shape index (κ1) is 14.5. The van der Waals surface area contributed by atoms with Crippen molar-refractivity contribution in [3.63, 3.8) is 0 Å². The summed E-state index contributed by atoms with van der Waals surface area (Å²) in [4.78, 5) is 0. The monoisotopic (exact) mass is 282 g/mol. The summed E-state index contributed by atoms with van der Waals surface area (Å²) in [5, 5.41) is 3.18. The van der Waals surface area contributed by atoms with E-state index in [0.717, 1.165) is 35.5 Å². The molecule has 0 bridgehead atoms. The number of hydrogen-bond acceptors (Lipinski definition) is 2. The van der Waals surface area contributed by atoms with E-state index in [1.165, 1.54) is 12.1 Å². The van der Waals surface area contributed by atoms with Crippen molar-refractivity contribution in [1.29, 1.82) is 0 Å². The predicted octanol–water partition coefficient (Wildman–Crippen LogP) is 3.56. The number of allylic oxidation sites excluding steroid dienone is 3. The minimum absolute atomic E-state index is 0.370. The number of halogens is 3. The molecule has 0 saturated heterocycles. The van der Waals surface area contributed by atoms with Crippen LogP contribution in [0.25, 0.3) is 0 Å². The van der Waals surface area contributed by atoms with Gasteiger partial charge in [-0.2, -0.15) is 13.2 Å². The van der Waals surface area contributed by atoms with E-state index in [4.69, 9.17) is 5.73 Å². The summed E-state index contributed by atoms with van der Waals surface area (Å²) in [5.41, 5.74) is 7.71. The Kier molecular flexibility index (Phi) is 4.06. The van der Waals surface area contributed by atoms with Gasteiger partial charge in [0.05, 0.1) is 5.56 Å². The first-order valence-electron chi connectivity index (χ1n) is 6.42. The topological polar surface area (TPSA) is 38.0 Å². The summed E-state index contributed by atoms with van der Waals surface area (Å²) >= 11 is 0. The van der Waals surface area contributed by atoms with Crippen LogP contribution in [-0.4, -0.2) is 0 Å². The Hall–Kier alpha value is -1.91. The number of alkyl halides is 3. The van der Waals surface area contributed by atoms with Crippen LogP contribution in [0.2, 0.25) is 0 Å². The molecule has 1 aromatic rings. The Morgan fingerprint density at radius 3 is 2.45 bits per heavy atom. The minimum Gasteiger partial charge on any atom is -0.402 e. The van der Waals surface area contributed by atoms with Gasteiger partial charge in [0.1, 0.15) is 0 Å². The summed E-state index contributed by atoms with van der Waals surface area (Å²) in [5.74, 6) is 0.370. The lowest BCUT2D eigenvalue weighted by atomic mass is 9.99. The lowest BCUT2D eigenvalue weighted by Gasteiger charge is -2.17. The summed E-state index contributed by atoms with van der Waals surface area (Å²) in [6.45, 7) is 2.54. The van der Waals surface area contributed by atoms with Gasteiger partial charge in [-0.25, -0.2) is 0 Å². The number of nitrogens with one attached hydrogen (secondary N) is 1. The molecule has 0 fully saturated rings. The summed E-state index contributed by atoms with van der Waals surface area (Å²) in [7, 11) is 0. The van der Waals surface area contributed by atoms with E-state index in [2.05, 4.69) is 18.3 Å². The fourth-order valence-electron chi connectivity index (χ4n) is 2.17. The lowest BCUT2D eigenvalue weighted by Crippen LogP contribution is -2.18. The molecule has 1 aliphatic carbocycles. The number of rotatable bonds is 3. The molecule has 0 heterocycles. The van der Waals surface area contributed by atoms with Gasteiger partial charge in [0.15, 0.2) is 0 Å². The third-order valence-corrected chi connectivity index (χ3v) is 3.14. The average Bonchev–Trinajstić information content (AvgIpc) is 2.35. The van der Waals surface area contributed by atoms with E-state index in [9.17, 15) is 13.2 Å². The number of hydrogen-bond donors (Lipinski definition) is 2. The summed E-state index contributed by atoms with van der Waals surface area (Å²) in [6.07, 6.45) is 0.487. The van der Waals surface area contributed by atoms with Gasteiger partial charge in [-0.3, -0.25) is 0 Å². The van der Waals surface area contributed by atoms with Gasteiger partial charge >= 0.3 is 6.18 Å². The molecule has 108 valence electrons.